The summed E-state index contributed by atoms with van der Waals surface area (Å²) >= 11 is 1.57. The molecule has 26 heavy (non-hydrogen) atoms. The zero-order valence-electron chi connectivity index (χ0n) is 14.3. The third kappa shape index (κ3) is 3.75. The number of carbonyl (C=O) groups is 1. The van der Waals surface area contributed by atoms with Crippen molar-refractivity contribution in [3.05, 3.63) is 65.4 Å². The lowest BCUT2D eigenvalue weighted by Gasteiger charge is -2.26. The van der Waals surface area contributed by atoms with Gasteiger partial charge in [0.15, 0.2) is 0 Å². The van der Waals surface area contributed by atoms with Crippen molar-refractivity contribution < 1.29 is 9.32 Å². The quantitative estimate of drug-likeness (QED) is 0.684. The normalized spacial score (nSPS) is 14.3. The van der Waals surface area contributed by atoms with Crippen LogP contribution in [0.1, 0.15) is 24.3 Å². The van der Waals surface area contributed by atoms with Crippen molar-refractivity contribution in [1.82, 2.24) is 15.0 Å². The van der Waals surface area contributed by atoms with Gasteiger partial charge in [-0.15, -0.1) is 11.3 Å². The molecule has 132 valence electrons. The number of amides is 1. The van der Waals surface area contributed by atoms with Crippen LogP contribution in [0.3, 0.4) is 0 Å². The Morgan fingerprint density at radius 1 is 1.19 bits per heavy atom. The maximum Gasteiger partial charge on any atom is 0.227 e. The first-order valence-electron chi connectivity index (χ1n) is 8.68. The van der Waals surface area contributed by atoms with Crippen molar-refractivity contribution >= 4 is 22.8 Å². The Morgan fingerprint density at radius 2 is 2.08 bits per heavy atom. The Morgan fingerprint density at radius 3 is 2.81 bits per heavy atom. The van der Waals surface area contributed by atoms with Gasteiger partial charge in [0.25, 0.3) is 0 Å². The van der Waals surface area contributed by atoms with Crippen LogP contribution in [0.4, 0.5) is 0 Å². The Bertz CT molecular complexity index is 900. The van der Waals surface area contributed by atoms with Crippen LogP contribution in [0, 0.1) is 0 Å². The summed E-state index contributed by atoms with van der Waals surface area (Å²) in [5.41, 5.74) is 2.55. The van der Waals surface area contributed by atoms with E-state index >= 15 is 0 Å². The van der Waals surface area contributed by atoms with Crippen LogP contribution in [-0.2, 0) is 11.2 Å². The van der Waals surface area contributed by atoms with E-state index in [2.05, 4.69) is 28.3 Å². The van der Waals surface area contributed by atoms with Gasteiger partial charge < -0.3 is 9.42 Å². The monoisotopic (exact) mass is 365 g/mol. The van der Waals surface area contributed by atoms with Crippen LogP contribution in [0.15, 0.2) is 58.4 Å². The first-order chi connectivity index (χ1) is 12.8. The molecule has 1 aromatic carbocycles. The molecule has 0 spiro atoms. The molecule has 0 unspecified atom stereocenters. The molecule has 1 amide bonds. The average molecular weight is 365 g/mol. The van der Waals surface area contributed by atoms with E-state index in [1.165, 1.54) is 11.1 Å². The molecule has 1 aliphatic heterocycles. The van der Waals surface area contributed by atoms with E-state index in [1.54, 1.807) is 11.3 Å². The van der Waals surface area contributed by atoms with Crippen molar-refractivity contribution in [1.29, 1.82) is 0 Å². The molecule has 3 aromatic rings. The Kier molecular flexibility index (Phi) is 4.93. The van der Waals surface area contributed by atoms with Crippen molar-refractivity contribution in [2.24, 2.45) is 0 Å². The minimum Gasteiger partial charge on any atom is -0.339 e. The molecule has 0 radical (unpaired) electrons. The van der Waals surface area contributed by atoms with Gasteiger partial charge in [0.2, 0.25) is 17.6 Å². The zero-order chi connectivity index (χ0) is 17.8. The molecule has 0 saturated heterocycles. The van der Waals surface area contributed by atoms with E-state index in [1.807, 2.05) is 40.6 Å². The van der Waals surface area contributed by atoms with E-state index in [9.17, 15) is 4.79 Å². The van der Waals surface area contributed by atoms with Gasteiger partial charge in [-0.25, -0.2) is 0 Å². The number of aromatic nitrogens is 2. The summed E-state index contributed by atoms with van der Waals surface area (Å²) in [5, 5.41) is 5.96. The molecule has 0 saturated carbocycles. The van der Waals surface area contributed by atoms with Gasteiger partial charge in [0.05, 0.1) is 4.88 Å². The van der Waals surface area contributed by atoms with Gasteiger partial charge in [-0.05, 0) is 29.0 Å². The van der Waals surface area contributed by atoms with Crippen LogP contribution >= 0.6 is 11.3 Å². The lowest BCUT2D eigenvalue weighted by Crippen LogP contribution is -2.34. The molecule has 4 rings (SSSR count). The highest BCUT2D eigenvalue weighted by atomic mass is 32.1. The van der Waals surface area contributed by atoms with E-state index in [0.717, 1.165) is 17.8 Å². The first kappa shape index (κ1) is 16.7. The van der Waals surface area contributed by atoms with Crippen molar-refractivity contribution in [2.75, 3.05) is 13.1 Å². The number of benzene rings is 1. The van der Waals surface area contributed by atoms with Crippen molar-refractivity contribution in [3.8, 4) is 10.7 Å². The summed E-state index contributed by atoms with van der Waals surface area (Å²) in [7, 11) is 0. The summed E-state index contributed by atoms with van der Waals surface area (Å²) in [6, 6.07) is 14.2. The van der Waals surface area contributed by atoms with E-state index in [4.69, 9.17) is 4.52 Å². The standard InChI is InChI=1S/C20H19N3O2S/c24-19(9-8-18-21-20(22-25-18)17-7-4-14-26-17)23-12-10-16(11-13-23)15-5-2-1-3-6-15/h1-7,10,14H,8-9,11-13H2. The van der Waals surface area contributed by atoms with Crippen LogP contribution in [0.5, 0.6) is 0 Å². The predicted octanol–water partition coefficient (Wildman–Crippen LogP) is 4.05. The van der Waals surface area contributed by atoms with Crippen molar-refractivity contribution in [2.45, 2.75) is 19.3 Å². The molecule has 0 fully saturated rings. The highest BCUT2D eigenvalue weighted by molar-refractivity contribution is 7.13. The minimum atomic E-state index is 0.129. The molecule has 6 heteroatoms. The number of rotatable bonds is 5. The molecular weight excluding hydrogens is 346 g/mol. The van der Waals surface area contributed by atoms with Gasteiger partial charge in [0, 0.05) is 25.9 Å². The number of thiophene rings is 1. The van der Waals surface area contributed by atoms with Gasteiger partial charge >= 0.3 is 0 Å². The van der Waals surface area contributed by atoms with Crippen LogP contribution in [0.25, 0.3) is 16.3 Å². The minimum absolute atomic E-state index is 0.129. The second-order valence-corrected chi connectivity index (χ2v) is 7.12. The topological polar surface area (TPSA) is 59.2 Å². The number of hydrogen-bond donors (Lipinski definition) is 0. The largest absolute Gasteiger partial charge is 0.339 e. The lowest BCUT2D eigenvalue weighted by molar-refractivity contribution is -0.130. The molecule has 1 aliphatic rings. The number of nitrogens with zero attached hydrogens (tertiary/aromatic N) is 3. The van der Waals surface area contributed by atoms with E-state index < -0.39 is 0 Å². The summed E-state index contributed by atoms with van der Waals surface area (Å²) in [6.45, 7) is 1.41. The Hall–Kier alpha value is -2.73. The highest BCUT2D eigenvalue weighted by Gasteiger charge is 2.19. The fourth-order valence-electron chi connectivity index (χ4n) is 3.04. The third-order valence-electron chi connectivity index (χ3n) is 4.47. The lowest BCUT2D eigenvalue weighted by atomic mass is 9.99. The summed E-state index contributed by atoms with van der Waals surface area (Å²) < 4.78 is 5.26. The number of aryl methyl sites for hydroxylation is 1. The van der Waals surface area contributed by atoms with E-state index in [-0.39, 0.29) is 5.91 Å². The number of hydrogen-bond acceptors (Lipinski definition) is 5. The van der Waals surface area contributed by atoms with Crippen LogP contribution in [-0.4, -0.2) is 34.0 Å². The van der Waals surface area contributed by atoms with Crippen LogP contribution in [0.2, 0.25) is 0 Å². The van der Waals surface area contributed by atoms with Gasteiger partial charge in [-0.2, -0.15) is 4.98 Å². The maximum absolute atomic E-state index is 12.5. The highest BCUT2D eigenvalue weighted by Crippen LogP contribution is 2.23. The molecule has 2 aromatic heterocycles. The Balaban J connectivity index is 1.31. The summed E-state index contributed by atoms with van der Waals surface area (Å²) in [4.78, 5) is 19.7. The Labute approximate surface area is 156 Å². The fourth-order valence-corrected chi connectivity index (χ4v) is 3.69. The summed E-state index contributed by atoms with van der Waals surface area (Å²) in [5.74, 6) is 1.24. The van der Waals surface area contributed by atoms with Gasteiger partial charge in [-0.1, -0.05) is 47.6 Å². The first-order valence-corrected chi connectivity index (χ1v) is 9.56. The zero-order valence-corrected chi connectivity index (χ0v) is 15.1. The molecule has 0 bridgehead atoms. The second-order valence-electron chi connectivity index (χ2n) is 6.17. The average Bonchev–Trinajstić information content (AvgIpc) is 3.38. The molecule has 0 atom stereocenters. The molecule has 3 heterocycles. The molecular formula is C20H19N3O2S. The third-order valence-corrected chi connectivity index (χ3v) is 5.33. The fraction of sp³-hybridized carbons (Fsp3) is 0.250. The summed E-state index contributed by atoms with van der Waals surface area (Å²) in [6.07, 6.45) is 3.90. The van der Waals surface area contributed by atoms with Crippen molar-refractivity contribution in [3.63, 3.8) is 0 Å². The maximum atomic E-state index is 12.5. The second kappa shape index (κ2) is 7.66. The van der Waals surface area contributed by atoms with Crippen LogP contribution < -0.4 is 0 Å². The van der Waals surface area contributed by atoms with Gasteiger partial charge in [-0.3, -0.25) is 4.79 Å². The molecule has 0 aliphatic carbocycles. The smallest absolute Gasteiger partial charge is 0.227 e. The molecule has 5 nitrogen and oxygen atoms in total. The van der Waals surface area contributed by atoms with Gasteiger partial charge in [0.1, 0.15) is 0 Å². The van der Waals surface area contributed by atoms with E-state index in [0.29, 0.717) is 31.1 Å². The molecule has 0 N–H and O–H groups in total. The SMILES string of the molecule is O=C(CCc1nc(-c2cccs2)no1)N1CC=C(c2ccccc2)CC1. The number of carbonyl (C=O) groups excluding carboxylic acids is 1. The predicted molar refractivity (Wildman–Crippen MR) is 102 cm³/mol.